The summed E-state index contributed by atoms with van der Waals surface area (Å²) in [6.07, 6.45) is 4.00. The highest BCUT2D eigenvalue weighted by Gasteiger charge is 2.27. The van der Waals surface area contributed by atoms with Gasteiger partial charge in [-0.1, -0.05) is 6.07 Å². The number of aryl methyl sites for hydroxylation is 1. The Hall–Kier alpha value is -3.20. The normalized spacial score (nSPS) is 15.4. The number of nitrogens with two attached hydrogens (primary N) is 1. The molecule has 0 atom stereocenters. The largest absolute Gasteiger partial charge is 0.394 e. The van der Waals surface area contributed by atoms with Crippen LogP contribution in [0.5, 0.6) is 0 Å². The van der Waals surface area contributed by atoms with E-state index in [1.165, 1.54) is 13.0 Å². The molecule has 0 radical (unpaired) electrons. The fourth-order valence-electron chi connectivity index (χ4n) is 3.40. The number of halogens is 1. The summed E-state index contributed by atoms with van der Waals surface area (Å²) in [5.41, 5.74) is 8.73. The van der Waals surface area contributed by atoms with Gasteiger partial charge in [0.05, 0.1) is 24.9 Å². The molecule has 9 heteroatoms. The van der Waals surface area contributed by atoms with Gasteiger partial charge in [0.25, 0.3) is 0 Å². The van der Waals surface area contributed by atoms with Crippen molar-refractivity contribution >= 4 is 17.4 Å². The number of amidine groups is 1. The summed E-state index contributed by atoms with van der Waals surface area (Å²) < 4.78 is 16.4. The molecule has 0 aliphatic carbocycles. The molecule has 1 aromatic heterocycles. The Kier molecular flexibility index (Phi) is 6.45. The van der Waals surface area contributed by atoms with Crippen molar-refractivity contribution in [1.82, 2.24) is 20.0 Å². The Morgan fingerprint density at radius 3 is 2.71 bits per heavy atom. The van der Waals surface area contributed by atoms with Gasteiger partial charge >= 0.3 is 0 Å². The van der Waals surface area contributed by atoms with Crippen molar-refractivity contribution in [2.24, 2.45) is 17.8 Å². The first-order chi connectivity index (χ1) is 14.6. The van der Waals surface area contributed by atoms with Gasteiger partial charge in [-0.3, -0.25) is 9.48 Å². The van der Waals surface area contributed by atoms with E-state index in [1.54, 1.807) is 41.2 Å². The minimum absolute atomic E-state index is 0.0715. The van der Waals surface area contributed by atoms with Crippen molar-refractivity contribution in [1.29, 1.82) is 0 Å². The van der Waals surface area contributed by atoms with Crippen LogP contribution < -0.4 is 11.1 Å². The molecular weight excluding hydrogens is 399 g/mol. The number of nitrogens with zero attached hydrogens (tertiary/aromatic N) is 4. The quantitative estimate of drug-likeness (QED) is 0.482. The number of aliphatic hydroxyl groups is 1. The second-order valence-electron chi connectivity index (χ2n) is 8.38. The number of aromatic nitrogens is 2. The van der Waals surface area contributed by atoms with Crippen LogP contribution in [0.15, 0.2) is 46.9 Å². The van der Waals surface area contributed by atoms with Crippen LogP contribution >= 0.6 is 0 Å². The van der Waals surface area contributed by atoms with E-state index >= 15 is 0 Å². The first-order valence-electron chi connectivity index (χ1n) is 10.1. The van der Waals surface area contributed by atoms with E-state index in [1.807, 2.05) is 13.8 Å². The summed E-state index contributed by atoms with van der Waals surface area (Å²) in [5.74, 6) is -0.442. The predicted molar refractivity (Wildman–Crippen MR) is 118 cm³/mol. The lowest BCUT2D eigenvalue weighted by Crippen LogP contribution is -2.47. The fraction of sp³-hybridized carbons (Fsp3) is 0.409. The molecule has 1 aromatic carbocycles. The molecule has 1 aliphatic rings. The number of hydrogen-bond acceptors (Lipinski definition) is 5. The maximum absolute atomic E-state index is 14.8. The topological polar surface area (TPSA) is 109 Å². The van der Waals surface area contributed by atoms with Crippen molar-refractivity contribution in [3.8, 4) is 11.1 Å². The van der Waals surface area contributed by atoms with Gasteiger partial charge in [0.15, 0.2) is 0 Å². The molecule has 3 rings (SSSR count). The lowest BCUT2D eigenvalue weighted by atomic mass is 10.00. The molecule has 2 aromatic rings. The molecule has 8 nitrogen and oxygen atoms in total. The molecule has 0 saturated carbocycles. The van der Waals surface area contributed by atoms with Gasteiger partial charge in [0.2, 0.25) is 5.91 Å². The number of amides is 1. The van der Waals surface area contributed by atoms with E-state index in [9.17, 15) is 14.3 Å². The monoisotopic (exact) mass is 428 g/mol. The Bertz CT molecular complexity index is 1040. The molecule has 4 N–H and O–H groups in total. The van der Waals surface area contributed by atoms with Crippen molar-refractivity contribution in [2.75, 3.05) is 19.7 Å². The standard InChI is InChI=1S/C22H29FN6O2/c1-14(31)29-8-7-19(27-22(2,3)13-30)17(12-29)21(24)26-20-6-5-15(9-18(20)23)16-10-25-28(4)11-16/h5-6,9-11,27,30H,7-8,12-13H2,1-4H3,(H2,24,26). The molecule has 0 unspecified atom stereocenters. The van der Waals surface area contributed by atoms with Gasteiger partial charge in [-0.2, -0.15) is 5.10 Å². The number of carbonyl (C=O) groups is 1. The summed E-state index contributed by atoms with van der Waals surface area (Å²) >= 11 is 0. The van der Waals surface area contributed by atoms with Crippen LogP contribution in [0.3, 0.4) is 0 Å². The van der Waals surface area contributed by atoms with Gasteiger partial charge < -0.3 is 21.1 Å². The molecule has 1 amide bonds. The molecule has 0 fully saturated rings. The van der Waals surface area contributed by atoms with E-state index in [4.69, 9.17) is 5.73 Å². The molecule has 166 valence electrons. The Morgan fingerprint density at radius 2 is 2.13 bits per heavy atom. The smallest absolute Gasteiger partial charge is 0.219 e. The summed E-state index contributed by atoms with van der Waals surface area (Å²) in [6, 6.07) is 4.73. The fourth-order valence-corrected chi connectivity index (χ4v) is 3.40. The molecule has 0 bridgehead atoms. The minimum Gasteiger partial charge on any atom is -0.394 e. The summed E-state index contributed by atoms with van der Waals surface area (Å²) in [5, 5.41) is 17.0. The molecule has 31 heavy (non-hydrogen) atoms. The highest BCUT2D eigenvalue weighted by Crippen LogP contribution is 2.27. The number of rotatable bonds is 6. The SMILES string of the molecule is CC(=O)N1CCC(NC(C)(C)CO)=C(C(N)=Nc2ccc(-c3cnn(C)c3)cc2F)C1. The number of aliphatic hydroxyl groups excluding tert-OH is 1. The first kappa shape index (κ1) is 22.5. The zero-order valence-corrected chi connectivity index (χ0v) is 18.3. The predicted octanol–water partition coefficient (Wildman–Crippen LogP) is 2.08. The zero-order valence-electron chi connectivity index (χ0n) is 18.3. The second kappa shape index (κ2) is 8.89. The van der Waals surface area contributed by atoms with Crippen LogP contribution in [-0.2, 0) is 11.8 Å². The lowest BCUT2D eigenvalue weighted by Gasteiger charge is -2.34. The third-order valence-corrected chi connectivity index (χ3v) is 5.21. The number of hydrogen-bond donors (Lipinski definition) is 3. The molecular formula is C22H29FN6O2. The third kappa shape index (κ3) is 5.29. The first-order valence-corrected chi connectivity index (χ1v) is 10.1. The van der Waals surface area contributed by atoms with E-state index in [2.05, 4.69) is 15.4 Å². The minimum atomic E-state index is -0.574. The Balaban J connectivity index is 1.95. The van der Waals surface area contributed by atoms with Crippen LogP contribution in [0.4, 0.5) is 10.1 Å². The third-order valence-electron chi connectivity index (χ3n) is 5.21. The molecule has 1 aliphatic heterocycles. The van der Waals surface area contributed by atoms with E-state index in [0.717, 1.165) is 11.3 Å². The molecule has 2 heterocycles. The summed E-state index contributed by atoms with van der Waals surface area (Å²) in [4.78, 5) is 17.9. The molecule has 0 saturated heterocycles. The zero-order chi connectivity index (χ0) is 22.8. The Labute approximate surface area is 181 Å². The van der Waals surface area contributed by atoms with Gasteiger partial charge in [-0.25, -0.2) is 9.38 Å². The van der Waals surface area contributed by atoms with Crippen LogP contribution in [0.2, 0.25) is 0 Å². The van der Waals surface area contributed by atoms with Gasteiger partial charge in [0.1, 0.15) is 17.3 Å². The van der Waals surface area contributed by atoms with Crippen molar-refractivity contribution < 1.29 is 14.3 Å². The van der Waals surface area contributed by atoms with Gasteiger partial charge in [-0.15, -0.1) is 0 Å². The van der Waals surface area contributed by atoms with Crippen molar-refractivity contribution in [3.63, 3.8) is 0 Å². The number of nitrogens with one attached hydrogen (secondary N) is 1. The average molecular weight is 429 g/mol. The average Bonchev–Trinajstić information content (AvgIpc) is 3.15. The Morgan fingerprint density at radius 1 is 1.39 bits per heavy atom. The maximum atomic E-state index is 14.8. The van der Waals surface area contributed by atoms with Crippen LogP contribution in [0, 0.1) is 5.82 Å². The van der Waals surface area contributed by atoms with Gasteiger partial charge in [-0.05, 0) is 31.5 Å². The van der Waals surface area contributed by atoms with Crippen molar-refractivity contribution in [3.05, 3.63) is 47.7 Å². The van der Waals surface area contributed by atoms with Crippen molar-refractivity contribution in [2.45, 2.75) is 32.7 Å². The molecule has 0 spiro atoms. The van der Waals surface area contributed by atoms with Crippen LogP contribution in [0.1, 0.15) is 27.2 Å². The van der Waals surface area contributed by atoms with E-state index < -0.39 is 11.4 Å². The van der Waals surface area contributed by atoms with E-state index in [0.29, 0.717) is 24.1 Å². The highest BCUT2D eigenvalue weighted by atomic mass is 19.1. The van der Waals surface area contributed by atoms with Gasteiger partial charge in [0, 0.05) is 50.0 Å². The second-order valence-corrected chi connectivity index (χ2v) is 8.38. The summed E-state index contributed by atoms with van der Waals surface area (Å²) in [6.45, 7) is 5.94. The number of carbonyl (C=O) groups excluding carboxylic acids is 1. The van der Waals surface area contributed by atoms with Crippen LogP contribution in [-0.4, -0.2) is 56.8 Å². The summed E-state index contributed by atoms with van der Waals surface area (Å²) in [7, 11) is 1.80. The van der Waals surface area contributed by atoms with E-state index in [-0.39, 0.29) is 30.6 Å². The maximum Gasteiger partial charge on any atom is 0.219 e. The van der Waals surface area contributed by atoms with Crippen LogP contribution in [0.25, 0.3) is 11.1 Å². The number of benzene rings is 1. The lowest BCUT2D eigenvalue weighted by molar-refractivity contribution is -0.128. The number of aliphatic imine (C=N–C) groups is 1. The highest BCUT2D eigenvalue weighted by molar-refractivity contribution is 6.00.